The molecule has 28 heavy (non-hydrogen) atoms. The van der Waals surface area contributed by atoms with Crippen molar-refractivity contribution in [2.24, 2.45) is 0 Å². The number of aromatic amines is 1. The number of rotatable bonds is 4. The lowest BCUT2D eigenvalue weighted by atomic mass is 10.1. The third kappa shape index (κ3) is 4.10. The van der Waals surface area contributed by atoms with Crippen LogP contribution in [0.4, 0.5) is 4.39 Å². The minimum absolute atomic E-state index is 0.111. The molecule has 0 aliphatic carbocycles. The topological polar surface area (TPSA) is 52.2 Å². The van der Waals surface area contributed by atoms with Crippen LogP contribution in [0.1, 0.15) is 28.4 Å². The van der Waals surface area contributed by atoms with E-state index in [4.69, 9.17) is 0 Å². The Bertz CT molecular complexity index is 996. The molecule has 2 aromatic heterocycles. The molecule has 148 valence electrons. The van der Waals surface area contributed by atoms with Gasteiger partial charge in [0, 0.05) is 54.7 Å². The fraction of sp³-hybridized carbons (Fsp3) is 0.429. The van der Waals surface area contributed by atoms with Gasteiger partial charge in [0.25, 0.3) is 0 Å². The highest BCUT2D eigenvalue weighted by atomic mass is 32.1. The van der Waals surface area contributed by atoms with Gasteiger partial charge >= 0.3 is 0 Å². The highest BCUT2D eigenvalue weighted by Crippen LogP contribution is 2.24. The second kappa shape index (κ2) is 8.01. The molecule has 0 spiro atoms. The van der Waals surface area contributed by atoms with Gasteiger partial charge in [-0.15, -0.1) is 11.3 Å². The third-order valence-electron chi connectivity index (χ3n) is 5.40. The molecule has 0 atom stereocenters. The number of nitrogens with zero attached hydrogens (tertiary/aromatic N) is 3. The summed E-state index contributed by atoms with van der Waals surface area (Å²) >= 11 is 1.68. The van der Waals surface area contributed by atoms with E-state index in [9.17, 15) is 9.18 Å². The summed E-state index contributed by atoms with van der Waals surface area (Å²) in [5, 5.41) is 4.01. The Morgan fingerprint density at radius 2 is 2.11 bits per heavy atom. The lowest BCUT2D eigenvalue weighted by Gasteiger charge is -2.21. The molecule has 1 amide bonds. The number of hydrogen-bond donors (Lipinski definition) is 1. The standard InChI is InChI=1S/C21H25FN4OS/c1-14-18(19-10-16(22)4-5-20(19)23-14)11-21(27)26-7-3-6-25(8-9-26)12-17-13-28-15(2)24-17/h4-5,10,13,23H,3,6-9,11-12H2,1-2H3. The number of hydrogen-bond acceptors (Lipinski definition) is 4. The number of H-pyrrole nitrogens is 1. The average Bonchev–Trinajstić information content (AvgIpc) is 3.09. The molecule has 1 aromatic carbocycles. The number of benzene rings is 1. The second-order valence-electron chi connectivity index (χ2n) is 7.46. The summed E-state index contributed by atoms with van der Waals surface area (Å²) in [5.74, 6) is -0.164. The van der Waals surface area contributed by atoms with Crippen LogP contribution in [-0.4, -0.2) is 51.9 Å². The van der Waals surface area contributed by atoms with Gasteiger partial charge in [-0.2, -0.15) is 0 Å². The maximum Gasteiger partial charge on any atom is 0.227 e. The van der Waals surface area contributed by atoms with Gasteiger partial charge < -0.3 is 9.88 Å². The van der Waals surface area contributed by atoms with Crippen LogP contribution in [-0.2, 0) is 17.8 Å². The molecule has 7 heteroatoms. The number of fused-ring (bicyclic) bond motifs is 1. The first-order valence-electron chi connectivity index (χ1n) is 9.67. The Hall–Kier alpha value is -2.25. The molecule has 1 fully saturated rings. The average molecular weight is 401 g/mol. The van der Waals surface area contributed by atoms with Gasteiger partial charge in [-0.25, -0.2) is 9.37 Å². The van der Waals surface area contributed by atoms with Gasteiger partial charge in [-0.05, 0) is 44.0 Å². The van der Waals surface area contributed by atoms with Gasteiger partial charge in [0.15, 0.2) is 0 Å². The Kier molecular flexibility index (Phi) is 5.46. The Morgan fingerprint density at radius 1 is 1.25 bits per heavy atom. The second-order valence-corrected chi connectivity index (χ2v) is 8.53. The van der Waals surface area contributed by atoms with Crippen molar-refractivity contribution >= 4 is 28.1 Å². The molecule has 0 bridgehead atoms. The van der Waals surface area contributed by atoms with E-state index in [1.807, 2.05) is 18.7 Å². The van der Waals surface area contributed by atoms with E-state index in [0.717, 1.165) is 72.0 Å². The van der Waals surface area contributed by atoms with Crippen LogP contribution in [0.25, 0.3) is 10.9 Å². The first-order valence-corrected chi connectivity index (χ1v) is 10.6. The monoisotopic (exact) mass is 400 g/mol. The van der Waals surface area contributed by atoms with Gasteiger partial charge in [-0.3, -0.25) is 9.69 Å². The summed E-state index contributed by atoms with van der Waals surface area (Å²) in [7, 11) is 0. The zero-order valence-electron chi connectivity index (χ0n) is 16.3. The molecular formula is C21H25FN4OS. The van der Waals surface area contributed by atoms with Gasteiger partial charge in [-0.1, -0.05) is 0 Å². The predicted octanol–water partition coefficient (Wildman–Crippen LogP) is 3.66. The highest BCUT2D eigenvalue weighted by molar-refractivity contribution is 7.09. The number of thiazole rings is 1. The molecule has 1 aliphatic rings. The van der Waals surface area contributed by atoms with E-state index >= 15 is 0 Å². The smallest absolute Gasteiger partial charge is 0.227 e. The Morgan fingerprint density at radius 3 is 2.89 bits per heavy atom. The van der Waals surface area contributed by atoms with Crippen molar-refractivity contribution < 1.29 is 9.18 Å². The molecule has 1 saturated heterocycles. The van der Waals surface area contributed by atoms with Crippen molar-refractivity contribution in [1.82, 2.24) is 19.8 Å². The number of aromatic nitrogens is 2. The maximum atomic E-state index is 13.7. The van der Waals surface area contributed by atoms with Crippen molar-refractivity contribution in [3.05, 3.63) is 51.4 Å². The summed E-state index contributed by atoms with van der Waals surface area (Å²) in [6.45, 7) is 8.11. The van der Waals surface area contributed by atoms with Crippen molar-refractivity contribution in [3.63, 3.8) is 0 Å². The van der Waals surface area contributed by atoms with Crippen LogP contribution in [0.3, 0.4) is 0 Å². The minimum Gasteiger partial charge on any atom is -0.358 e. The minimum atomic E-state index is -0.275. The summed E-state index contributed by atoms with van der Waals surface area (Å²) < 4.78 is 13.7. The summed E-state index contributed by atoms with van der Waals surface area (Å²) in [6.07, 6.45) is 1.26. The Balaban J connectivity index is 1.41. The number of carbonyl (C=O) groups is 1. The van der Waals surface area contributed by atoms with E-state index in [-0.39, 0.29) is 11.7 Å². The summed E-state index contributed by atoms with van der Waals surface area (Å²) in [6, 6.07) is 4.69. The predicted molar refractivity (Wildman–Crippen MR) is 110 cm³/mol. The fourth-order valence-electron chi connectivity index (χ4n) is 3.93. The lowest BCUT2D eigenvalue weighted by Crippen LogP contribution is -2.36. The molecule has 3 heterocycles. The number of nitrogens with one attached hydrogen (secondary N) is 1. The number of halogens is 1. The van der Waals surface area contributed by atoms with E-state index in [2.05, 4.69) is 20.2 Å². The summed E-state index contributed by atoms with van der Waals surface area (Å²) in [5.41, 5.74) is 3.82. The van der Waals surface area contributed by atoms with E-state index < -0.39 is 0 Å². The first kappa shape index (κ1) is 19.1. The molecule has 5 nitrogen and oxygen atoms in total. The number of carbonyl (C=O) groups excluding carboxylic acids is 1. The Labute approximate surface area is 168 Å². The van der Waals surface area contributed by atoms with Crippen LogP contribution >= 0.6 is 11.3 Å². The van der Waals surface area contributed by atoms with Gasteiger partial charge in [0.1, 0.15) is 5.82 Å². The zero-order valence-corrected chi connectivity index (χ0v) is 17.1. The molecule has 1 aliphatic heterocycles. The van der Waals surface area contributed by atoms with Crippen molar-refractivity contribution in [3.8, 4) is 0 Å². The van der Waals surface area contributed by atoms with Crippen molar-refractivity contribution in [1.29, 1.82) is 0 Å². The van der Waals surface area contributed by atoms with Crippen molar-refractivity contribution in [2.75, 3.05) is 26.2 Å². The molecule has 4 rings (SSSR count). The summed E-state index contributed by atoms with van der Waals surface area (Å²) in [4.78, 5) is 25.1. The maximum absolute atomic E-state index is 13.7. The normalized spacial score (nSPS) is 15.9. The number of amides is 1. The van der Waals surface area contributed by atoms with E-state index in [1.165, 1.54) is 12.1 Å². The van der Waals surface area contributed by atoms with E-state index in [1.54, 1.807) is 17.4 Å². The van der Waals surface area contributed by atoms with Crippen LogP contribution in [0, 0.1) is 19.7 Å². The largest absolute Gasteiger partial charge is 0.358 e. The van der Waals surface area contributed by atoms with Crippen LogP contribution in [0.5, 0.6) is 0 Å². The highest BCUT2D eigenvalue weighted by Gasteiger charge is 2.22. The van der Waals surface area contributed by atoms with Crippen LogP contribution in [0.2, 0.25) is 0 Å². The molecule has 0 saturated carbocycles. The van der Waals surface area contributed by atoms with Crippen LogP contribution in [0.15, 0.2) is 23.6 Å². The molecule has 0 unspecified atom stereocenters. The molecular weight excluding hydrogens is 375 g/mol. The molecule has 1 N–H and O–H groups in total. The fourth-order valence-corrected chi connectivity index (χ4v) is 4.54. The van der Waals surface area contributed by atoms with Gasteiger partial charge in [0.05, 0.1) is 17.1 Å². The zero-order chi connectivity index (χ0) is 19.7. The third-order valence-corrected chi connectivity index (χ3v) is 6.23. The molecule has 0 radical (unpaired) electrons. The van der Waals surface area contributed by atoms with Crippen molar-refractivity contribution in [2.45, 2.75) is 33.2 Å². The molecule has 3 aromatic rings. The lowest BCUT2D eigenvalue weighted by molar-refractivity contribution is -0.130. The quantitative estimate of drug-likeness (QED) is 0.727. The van der Waals surface area contributed by atoms with Crippen LogP contribution < -0.4 is 0 Å². The number of aryl methyl sites for hydroxylation is 2. The first-order chi connectivity index (χ1) is 13.5. The van der Waals surface area contributed by atoms with E-state index in [0.29, 0.717) is 6.42 Å². The van der Waals surface area contributed by atoms with Gasteiger partial charge in [0.2, 0.25) is 5.91 Å². The SMILES string of the molecule is Cc1nc(CN2CCCN(C(=O)Cc3c(C)[nH]c4ccc(F)cc34)CC2)cs1.